The van der Waals surface area contributed by atoms with E-state index in [9.17, 15) is 19.2 Å². The van der Waals surface area contributed by atoms with Gasteiger partial charge >= 0.3 is 12.1 Å². The molecule has 0 spiro atoms. The van der Waals surface area contributed by atoms with E-state index in [-0.39, 0.29) is 18.6 Å². The monoisotopic (exact) mass is 741 g/mol. The number of aryl methyl sites for hydroxylation is 1. The van der Waals surface area contributed by atoms with Gasteiger partial charge in [-0.3, -0.25) is 14.5 Å². The maximum atomic E-state index is 13.7. The van der Waals surface area contributed by atoms with Crippen LogP contribution in [0, 0.1) is 11.8 Å². The van der Waals surface area contributed by atoms with Gasteiger partial charge in [0.25, 0.3) is 5.91 Å². The molecule has 2 aromatic rings. The number of amides is 3. The van der Waals surface area contributed by atoms with E-state index in [0.717, 1.165) is 30.4 Å². The normalized spacial score (nSPS) is 21.2. The van der Waals surface area contributed by atoms with Crippen molar-refractivity contribution in [1.82, 2.24) is 10.2 Å². The summed E-state index contributed by atoms with van der Waals surface area (Å²) in [5.74, 6) is 2.02. The molecule has 2 saturated carbocycles. The highest BCUT2D eigenvalue weighted by atomic mass is 32.2. The summed E-state index contributed by atoms with van der Waals surface area (Å²) in [5.41, 5.74) is 6.18. The van der Waals surface area contributed by atoms with Crippen LogP contribution in [0.4, 0.5) is 4.79 Å². The number of nitrogens with zero attached hydrogens (tertiary/aromatic N) is 1. The molecule has 4 unspecified atom stereocenters. The molecule has 5 rings (SSSR count). The van der Waals surface area contributed by atoms with Crippen LogP contribution in [0.25, 0.3) is 17.4 Å². The van der Waals surface area contributed by atoms with Crippen molar-refractivity contribution in [2.45, 2.75) is 96.2 Å². The Balaban J connectivity index is 1.25. The summed E-state index contributed by atoms with van der Waals surface area (Å²) < 4.78 is 28.5. The molecule has 51 heavy (non-hydrogen) atoms. The summed E-state index contributed by atoms with van der Waals surface area (Å²) in [7, 11) is 3.17. The molecule has 4 atom stereocenters. The van der Waals surface area contributed by atoms with E-state index in [4.69, 9.17) is 41.3 Å². The second-order valence-corrected chi connectivity index (χ2v) is 15.9. The molecule has 14 heteroatoms. The highest BCUT2D eigenvalue weighted by molar-refractivity contribution is 8.26. The van der Waals surface area contributed by atoms with Gasteiger partial charge in [-0.25, -0.2) is 9.59 Å². The fourth-order valence-electron chi connectivity index (χ4n) is 6.98. The summed E-state index contributed by atoms with van der Waals surface area (Å²) in [6.07, 6.45) is 7.72. The number of fused-ring (bicyclic) bond motifs is 2. The Kier molecular flexibility index (Phi) is 12.4. The van der Waals surface area contributed by atoms with Crippen LogP contribution in [0.15, 0.2) is 33.6 Å². The molecule has 12 nitrogen and oxygen atoms in total. The largest absolute Gasteiger partial charge is 0.497 e. The van der Waals surface area contributed by atoms with Crippen molar-refractivity contribution in [2.24, 2.45) is 17.6 Å². The number of hydrogen-bond donors (Lipinski definition) is 2. The lowest BCUT2D eigenvalue weighted by molar-refractivity contribution is -0.147. The van der Waals surface area contributed by atoms with Gasteiger partial charge in [0, 0.05) is 23.7 Å². The number of methoxy groups -OCH3 is 2. The molecule has 3 amide bonds. The van der Waals surface area contributed by atoms with Crippen molar-refractivity contribution in [2.75, 3.05) is 20.8 Å². The van der Waals surface area contributed by atoms with Gasteiger partial charge in [0.05, 0.1) is 32.2 Å². The van der Waals surface area contributed by atoms with E-state index in [1.54, 1.807) is 47.1 Å². The molecule has 2 aliphatic carbocycles. The Morgan fingerprint density at radius 1 is 1.08 bits per heavy atom. The number of nitrogens with two attached hydrogens (primary N) is 1. The molecule has 2 heterocycles. The van der Waals surface area contributed by atoms with Gasteiger partial charge in [-0.15, -0.1) is 0 Å². The lowest BCUT2D eigenvalue weighted by Gasteiger charge is -2.30. The van der Waals surface area contributed by atoms with E-state index < -0.39 is 36.0 Å². The maximum absolute atomic E-state index is 13.7. The Labute approximate surface area is 308 Å². The molecule has 3 aliphatic rings. The summed E-state index contributed by atoms with van der Waals surface area (Å²) in [4.78, 5) is 52.5. The molecular weight excluding hydrogens is 695 g/mol. The van der Waals surface area contributed by atoms with Crippen LogP contribution in [-0.2, 0) is 30.3 Å². The van der Waals surface area contributed by atoms with E-state index in [2.05, 4.69) is 5.32 Å². The number of thioether (sulfide) groups is 1. The van der Waals surface area contributed by atoms with Gasteiger partial charge < -0.3 is 34.4 Å². The first-order valence-corrected chi connectivity index (χ1v) is 18.5. The topological polar surface area (TPSA) is 160 Å². The Bertz CT molecular complexity index is 1660. The fourth-order valence-corrected chi connectivity index (χ4v) is 8.32. The van der Waals surface area contributed by atoms with Crippen LogP contribution in [-0.4, -0.2) is 71.6 Å². The van der Waals surface area contributed by atoms with Crippen molar-refractivity contribution < 1.29 is 42.5 Å². The zero-order chi connectivity index (χ0) is 36.9. The molecule has 1 aromatic carbocycles. The van der Waals surface area contributed by atoms with Crippen molar-refractivity contribution in [3.63, 3.8) is 0 Å². The Hall–Kier alpha value is -4.04. The number of esters is 1. The third-order valence-electron chi connectivity index (χ3n) is 9.31. The van der Waals surface area contributed by atoms with E-state index in [1.807, 2.05) is 23.1 Å². The molecule has 1 aromatic heterocycles. The lowest BCUT2D eigenvalue weighted by atomic mass is 9.94. The van der Waals surface area contributed by atoms with Crippen LogP contribution >= 0.6 is 24.0 Å². The first-order chi connectivity index (χ1) is 24.2. The average molecular weight is 742 g/mol. The summed E-state index contributed by atoms with van der Waals surface area (Å²) in [6.45, 7) is 5.14. The predicted molar refractivity (Wildman–Crippen MR) is 197 cm³/mol. The number of carbonyl (C=O) groups is 4. The summed E-state index contributed by atoms with van der Waals surface area (Å²) in [6, 6.07) is 6.39. The molecule has 0 radical (unpaired) electrons. The molecular formula is C37H47N3O9S2. The Morgan fingerprint density at radius 3 is 2.41 bits per heavy atom. The quantitative estimate of drug-likeness (QED) is 0.0903. The van der Waals surface area contributed by atoms with Crippen molar-refractivity contribution in [1.29, 1.82) is 0 Å². The van der Waals surface area contributed by atoms with E-state index in [0.29, 0.717) is 63.3 Å². The van der Waals surface area contributed by atoms with Crippen molar-refractivity contribution >= 4 is 58.3 Å². The van der Waals surface area contributed by atoms with Crippen LogP contribution < -0.4 is 20.5 Å². The zero-order valence-electron chi connectivity index (χ0n) is 29.8. The summed E-state index contributed by atoms with van der Waals surface area (Å²) in [5, 5.41) is 2.37. The van der Waals surface area contributed by atoms with Crippen LogP contribution in [0.1, 0.15) is 83.5 Å². The number of benzene rings is 1. The number of primary amides is 1. The number of unbranched alkanes of at least 4 members (excludes halogenated alkanes) is 2. The van der Waals surface area contributed by atoms with Gasteiger partial charge in [0.1, 0.15) is 39.0 Å². The minimum atomic E-state index is -1.25. The maximum Gasteiger partial charge on any atom is 0.408 e. The third kappa shape index (κ3) is 9.85. The first-order valence-electron chi connectivity index (χ1n) is 17.3. The van der Waals surface area contributed by atoms with Crippen LogP contribution in [0.5, 0.6) is 11.5 Å². The number of hydrogen-bond acceptors (Lipinski definition) is 11. The molecule has 1 saturated heterocycles. The number of rotatable bonds is 15. The van der Waals surface area contributed by atoms with Gasteiger partial charge in [0.2, 0.25) is 5.91 Å². The molecule has 3 fully saturated rings. The van der Waals surface area contributed by atoms with Gasteiger partial charge in [-0.05, 0) is 101 Å². The van der Waals surface area contributed by atoms with Gasteiger partial charge in [-0.2, -0.15) is 0 Å². The number of thiocarbonyl (C=S) groups is 1. The van der Waals surface area contributed by atoms with Gasteiger partial charge in [-0.1, -0.05) is 30.4 Å². The first kappa shape index (κ1) is 38.2. The third-order valence-corrected chi connectivity index (χ3v) is 10.6. The van der Waals surface area contributed by atoms with Crippen LogP contribution in [0.2, 0.25) is 0 Å². The van der Waals surface area contributed by atoms with Crippen molar-refractivity contribution in [3.8, 4) is 22.8 Å². The minimum Gasteiger partial charge on any atom is -0.497 e. The highest BCUT2D eigenvalue weighted by Gasteiger charge is 2.48. The number of ether oxygens (including phenoxy) is 4. The molecule has 1 aliphatic heterocycles. The fraction of sp³-hybridized carbons (Fsp3) is 0.541. The van der Waals surface area contributed by atoms with E-state index in [1.165, 1.54) is 24.6 Å². The predicted octanol–water partition coefficient (Wildman–Crippen LogP) is 6.38. The molecule has 3 N–H and O–H groups in total. The number of nitrogens with one attached hydrogen (secondary N) is 1. The Morgan fingerprint density at radius 2 is 1.80 bits per heavy atom. The van der Waals surface area contributed by atoms with Crippen molar-refractivity contribution in [3.05, 3.63) is 40.5 Å². The number of furan rings is 1. The standard InChI is InChI=1S/C37H47N3O9S2/c1-37(2,3)49-35(44)39-27(19-32(38)41)34(43)47-12-8-6-7-9-23-17-29(24-15-25(45-4)18-26(16-24)46-5)48-30(23)20-31-33(42)40(36(50)51-31)28-14-21-10-11-22(28)13-21/h15-18,20-22,27-28H,6-14,19H2,1-5H3,(H2,38,41)(H,39,44). The molecule has 2 bridgehead atoms. The average Bonchev–Trinajstić information content (AvgIpc) is 3.85. The zero-order valence-corrected chi connectivity index (χ0v) is 31.4. The smallest absolute Gasteiger partial charge is 0.408 e. The number of carbonyl (C=O) groups excluding carboxylic acids is 4. The highest BCUT2D eigenvalue weighted by Crippen LogP contribution is 2.49. The number of alkyl carbamates (subject to hydrolysis) is 1. The molecule has 276 valence electrons. The van der Waals surface area contributed by atoms with Gasteiger partial charge in [0.15, 0.2) is 0 Å². The second kappa shape index (κ2) is 16.5. The lowest BCUT2D eigenvalue weighted by Crippen LogP contribution is -2.46. The SMILES string of the molecule is COc1cc(OC)cc(-c2cc(CCCCCOC(=O)C(CC(N)=O)NC(=O)OC(C)(C)C)c(C=C3SC(=S)N(C4CC5CCC4C5)C3=O)o2)c1. The van der Waals surface area contributed by atoms with E-state index >= 15 is 0 Å². The second-order valence-electron chi connectivity index (χ2n) is 14.2. The van der Waals surface area contributed by atoms with Crippen LogP contribution in [0.3, 0.4) is 0 Å². The summed E-state index contributed by atoms with van der Waals surface area (Å²) >= 11 is 7.05. The minimum absolute atomic E-state index is 0.0629.